The van der Waals surface area contributed by atoms with Gasteiger partial charge >= 0.3 is 5.97 Å². The van der Waals surface area contributed by atoms with Crippen LogP contribution in [0.15, 0.2) is 48.5 Å². The van der Waals surface area contributed by atoms with Crippen molar-refractivity contribution in [3.8, 4) is 21.7 Å². The van der Waals surface area contributed by atoms with E-state index in [-0.39, 0.29) is 11.4 Å². The predicted molar refractivity (Wildman–Crippen MR) is 138 cm³/mol. The Morgan fingerprint density at radius 2 is 1.79 bits per heavy atom. The topological polar surface area (TPSA) is 39.2 Å². The van der Waals surface area contributed by atoms with Crippen molar-refractivity contribution in [2.45, 2.75) is 78.2 Å². The van der Waals surface area contributed by atoms with Gasteiger partial charge in [-0.05, 0) is 69.6 Å². The van der Waals surface area contributed by atoms with Crippen molar-refractivity contribution in [3.05, 3.63) is 64.7 Å². The van der Waals surface area contributed by atoms with Crippen LogP contribution in [0.25, 0.3) is 21.7 Å². The number of rotatable bonds is 5. The lowest BCUT2D eigenvalue weighted by atomic mass is 9.72. The second-order valence-corrected chi connectivity index (χ2v) is 12.0. The summed E-state index contributed by atoms with van der Waals surface area (Å²) in [4.78, 5) is 18.8. The Morgan fingerprint density at radius 3 is 2.48 bits per heavy atom. The van der Waals surface area contributed by atoms with E-state index in [0.717, 1.165) is 24.3 Å². The average molecular weight is 462 g/mol. The van der Waals surface area contributed by atoms with Crippen molar-refractivity contribution in [2.24, 2.45) is 5.92 Å². The fourth-order valence-electron chi connectivity index (χ4n) is 5.00. The molecule has 0 bridgehead atoms. The summed E-state index contributed by atoms with van der Waals surface area (Å²) in [5, 5.41) is 1.11. The first-order chi connectivity index (χ1) is 15.5. The van der Waals surface area contributed by atoms with Crippen LogP contribution in [-0.2, 0) is 21.4 Å². The first-order valence-electron chi connectivity index (χ1n) is 11.9. The third kappa shape index (κ3) is 5.38. The van der Waals surface area contributed by atoms with E-state index in [1.165, 1.54) is 32.8 Å². The van der Waals surface area contributed by atoms with Crippen LogP contribution >= 0.6 is 11.3 Å². The summed E-state index contributed by atoms with van der Waals surface area (Å²) in [6.45, 7) is 12.6. The van der Waals surface area contributed by atoms with Gasteiger partial charge in [0, 0.05) is 22.3 Å². The van der Waals surface area contributed by atoms with E-state index < -0.39 is 5.60 Å². The lowest BCUT2D eigenvalue weighted by molar-refractivity contribution is -0.155. The van der Waals surface area contributed by atoms with Crippen LogP contribution in [0.5, 0.6) is 0 Å². The van der Waals surface area contributed by atoms with E-state index in [0.29, 0.717) is 12.3 Å². The zero-order valence-electron chi connectivity index (χ0n) is 20.7. The number of esters is 1. The zero-order chi connectivity index (χ0) is 23.8. The molecule has 0 saturated heterocycles. The van der Waals surface area contributed by atoms with Gasteiger partial charge in [0.15, 0.2) is 0 Å². The number of benzene rings is 2. The standard InChI is InChI=1S/C29H35NO2S/c1-19-22(21-11-8-7-9-12-21)13-10-14-23(19)27-30-26-24(33-27)17-20(18-29(26,5)6)15-16-25(31)32-28(2,3)4/h7-14,20H,15-18H2,1-6H3. The molecule has 0 amide bonds. The van der Waals surface area contributed by atoms with E-state index in [1.54, 1.807) is 0 Å². The highest BCUT2D eigenvalue weighted by molar-refractivity contribution is 7.15. The van der Waals surface area contributed by atoms with Crippen LogP contribution in [0.1, 0.15) is 70.0 Å². The quantitative estimate of drug-likeness (QED) is 0.365. The minimum absolute atomic E-state index is 0.00583. The van der Waals surface area contributed by atoms with Crippen LogP contribution in [-0.4, -0.2) is 16.6 Å². The van der Waals surface area contributed by atoms with Gasteiger partial charge in [0.1, 0.15) is 10.6 Å². The van der Waals surface area contributed by atoms with Gasteiger partial charge in [-0.3, -0.25) is 4.79 Å². The van der Waals surface area contributed by atoms with Gasteiger partial charge in [0.2, 0.25) is 0 Å². The number of nitrogens with zero attached hydrogens (tertiary/aromatic N) is 1. The number of carbonyl (C=O) groups is 1. The van der Waals surface area contributed by atoms with Crippen molar-refractivity contribution in [2.75, 3.05) is 0 Å². The summed E-state index contributed by atoms with van der Waals surface area (Å²) in [5.74, 6) is 0.384. The molecule has 1 aliphatic rings. The lowest BCUT2D eigenvalue weighted by Gasteiger charge is -2.34. The van der Waals surface area contributed by atoms with Crippen molar-refractivity contribution in [3.63, 3.8) is 0 Å². The van der Waals surface area contributed by atoms with Crippen molar-refractivity contribution in [1.82, 2.24) is 4.98 Å². The second kappa shape index (κ2) is 9.06. The Bertz CT molecular complexity index is 1140. The van der Waals surface area contributed by atoms with Gasteiger partial charge in [0.05, 0.1) is 5.69 Å². The van der Waals surface area contributed by atoms with Crippen molar-refractivity contribution >= 4 is 17.3 Å². The maximum atomic E-state index is 12.3. The molecule has 1 aliphatic carbocycles. The van der Waals surface area contributed by atoms with Crippen molar-refractivity contribution < 1.29 is 9.53 Å². The molecule has 3 nitrogen and oxygen atoms in total. The number of hydrogen-bond acceptors (Lipinski definition) is 4. The summed E-state index contributed by atoms with van der Waals surface area (Å²) in [7, 11) is 0. The minimum atomic E-state index is -0.422. The fourth-order valence-corrected chi connectivity index (χ4v) is 6.44. The van der Waals surface area contributed by atoms with E-state index in [1.807, 2.05) is 32.1 Å². The van der Waals surface area contributed by atoms with Gasteiger partial charge in [0.25, 0.3) is 0 Å². The molecule has 0 N–H and O–H groups in total. The Kier molecular flexibility index (Phi) is 6.50. The first kappa shape index (κ1) is 23.7. The summed E-state index contributed by atoms with van der Waals surface area (Å²) < 4.78 is 5.52. The molecule has 1 heterocycles. The molecule has 174 valence electrons. The molecule has 1 unspecified atom stereocenters. The van der Waals surface area contributed by atoms with Gasteiger partial charge < -0.3 is 4.74 Å². The molecular weight excluding hydrogens is 426 g/mol. The van der Waals surface area contributed by atoms with E-state index in [9.17, 15) is 4.79 Å². The molecule has 0 radical (unpaired) electrons. The molecule has 1 aromatic heterocycles. The molecule has 0 saturated carbocycles. The van der Waals surface area contributed by atoms with Gasteiger partial charge in [-0.15, -0.1) is 11.3 Å². The number of aromatic nitrogens is 1. The number of thiazole rings is 1. The number of carbonyl (C=O) groups excluding carboxylic acids is 1. The predicted octanol–water partition coefficient (Wildman–Crippen LogP) is 7.75. The zero-order valence-corrected chi connectivity index (χ0v) is 21.5. The Labute approximate surface area is 202 Å². The van der Waals surface area contributed by atoms with E-state index in [2.05, 4.69) is 69.3 Å². The van der Waals surface area contributed by atoms with Crippen LogP contribution in [0.4, 0.5) is 0 Å². The Hall–Kier alpha value is -2.46. The molecule has 33 heavy (non-hydrogen) atoms. The molecule has 4 rings (SSSR count). The third-order valence-corrected chi connectivity index (χ3v) is 7.55. The summed E-state index contributed by atoms with van der Waals surface area (Å²) >= 11 is 1.83. The molecule has 0 fully saturated rings. The Morgan fingerprint density at radius 1 is 1.09 bits per heavy atom. The molecule has 0 aliphatic heterocycles. The van der Waals surface area contributed by atoms with E-state index >= 15 is 0 Å². The molecule has 3 aromatic rings. The first-order valence-corrected chi connectivity index (χ1v) is 12.7. The molecule has 2 aromatic carbocycles. The maximum Gasteiger partial charge on any atom is 0.306 e. The van der Waals surface area contributed by atoms with Crippen LogP contribution < -0.4 is 0 Å². The summed E-state index contributed by atoms with van der Waals surface area (Å²) in [6.07, 6.45) is 3.40. The summed E-state index contributed by atoms with van der Waals surface area (Å²) in [5.41, 5.74) is 5.81. The normalized spacial score (nSPS) is 17.5. The fraction of sp³-hybridized carbons (Fsp3) is 0.448. The molecule has 1 atom stereocenters. The second-order valence-electron chi connectivity index (χ2n) is 10.9. The average Bonchev–Trinajstić information content (AvgIpc) is 3.16. The number of fused-ring (bicyclic) bond motifs is 1. The van der Waals surface area contributed by atoms with Gasteiger partial charge in [-0.1, -0.05) is 62.4 Å². The van der Waals surface area contributed by atoms with Gasteiger partial charge in [-0.2, -0.15) is 0 Å². The van der Waals surface area contributed by atoms with Crippen LogP contribution in [0, 0.1) is 12.8 Å². The van der Waals surface area contributed by atoms with Gasteiger partial charge in [-0.25, -0.2) is 4.98 Å². The smallest absolute Gasteiger partial charge is 0.306 e. The van der Waals surface area contributed by atoms with Crippen LogP contribution in [0.3, 0.4) is 0 Å². The molecule has 4 heteroatoms. The summed E-state index contributed by atoms with van der Waals surface area (Å²) in [6, 6.07) is 17.1. The molecule has 0 spiro atoms. The number of hydrogen-bond donors (Lipinski definition) is 0. The SMILES string of the molecule is Cc1c(-c2ccccc2)cccc1-c1nc2c(s1)CC(CCC(=O)OC(C)(C)C)CC2(C)C. The highest BCUT2D eigenvalue weighted by atomic mass is 32.1. The monoisotopic (exact) mass is 461 g/mol. The number of ether oxygens (including phenoxy) is 1. The van der Waals surface area contributed by atoms with E-state index in [4.69, 9.17) is 9.72 Å². The third-order valence-electron chi connectivity index (χ3n) is 6.44. The van der Waals surface area contributed by atoms with Crippen molar-refractivity contribution in [1.29, 1.82) is 0 Å². The molecular formula is C29H35NO2S. The highest BCUT2D eigenvalue weighted by Gasteiger charge is 2.36. The highest BCUT2D eigenvalue weighted by Crippen LogP contribution is 2.45. The minimum Gasteiger partial charge on any atom is -0.460 e. The Balaban J connectivity index is 1.57. The van der Waals surface area contributed by atoms with Crippen LogP contribution in [0.2, 0.25) is 0 Å². The largest absolute Gasteiger partial charge is 0.460 e. The lowest BCUT2D eigenvalue weighted by Crippen LogP contribution is -2.30. The maximum absolute atomic E-state index is 12.3.